The number of aryl methyl sites for hydroxylation is 1. The molecule has 0 fully saturated rings. The molecule has 1 aromatic heterocycles. The van der Waals surface area contributed by atoms with E-state index in [1.54, 1.807) is 12.1 Å². The van der Waals surface area contributed by atoms with Crippen LogP contribution in [0, 0.1) is 17.0 Å². The van der Waals surface area contributed by atoms with Gasteiger partial charge in [0.15, 0.2) is 0 Å². The minimum atomic E-state index is -0.396. The Hall–Kier alpha value is -3.01. The van der Waals surface area contributed by atoms with Crippen LogP contribution in [0.2, 0.25) is 0 Å². The van der Waals surface area contributed by atoms with Gasteiger partial charge in [-0.3, -0.25) is 15.1 Å². The largest absolute Gasteiger partial charge is 0.269 e. The Morgan fingerprint density at radius 2 is 1.77 bits per heavy atom. The summed E-state index contributed by atoms with van der Waals surface area (Å²) in [4.78, 5) is 14.8. The van der Waals surface area contributed by atoms with Crippen LogP contribution in [0.5, 0.6) is 0 Å². The number of aromatic nitrogens is 1. The minimum absolute atomic E-state index is 0.0994. The SMILES string of the molecule is Cc1cc(C=Cc2ccc([N+](=O)[O-])cc2)c2ccccc2n1. The van der Waals surface area contributed by atoms with Gasteiger partial charge < -0.3 is 0 Å². The molecule has 0 saturated heterocycles. The molecule has 3 aromatic rings. The van der Waals surface area contributed by atoms with Gasteiger partial charge in [0.05, 0.1) is 10.4 Å². The molecule has 3 rings (SSSR count). The van der Waals surface area contributed by atoms with E-state index in [2.05, 4.69) is 4.98 Å². The molecular formula is C18H14N2O2. The second-order valence-corrected chi connectivity index (χ2v) is 5.05. The molecule has 0 atom stereocenters. The maximum absolute atomic E-state index is 10.7. The van der Waals surface area contributed by atoms with Gasteiger partial charge in [0.1, 0.15) is 0 Å². The summed E-state index contributed by atoms with van der Waals surface area (Å²) in [7, 11) is 0. The molecule has 0 aliphatic heterocycles. The third-order valence-corrected chi connectivity index (χ3v) is 3.44. The molecule has 0 amide bonds. The second kappa shape index (κ2) is 5.77. The molecule has 0 unspecified atom stereocenters. The molecule has 0 aliphatic carbocycles. The summed E-state index contributed by atoms with van der Waals surface area (Å²) < 4.78 is 0. The number of para-hydroxylation sites is 1. The lowest BCUT2D eigenvalue weighted by Gasteiger charge is -2.03. The summed E-state index contributed by atoms with van der Waals surface area (Å²) >= 11 is 0. The number of nitrogens with zero attached hydrogens (tertiary/aromatic N) is 2. The maximum atomic E-state index is 10.7. The van der Waals surface area contributed by atoms with Crippen molar-refractivity contribution in [3.05, 3.63) is 81.5 Å². The number of non-ortho nitro benzene ring substituents is 1. The van der Waals surface area contributed by atoms with E-state index in [9.17, 15) is 10.1 Å². The molecule has 0 radical (unpaired) electrons. The highest BCUT2D eigenvalue weighted by molar-refractivity contribution is 5.90. The summed E-state index contributed by atoms with van der Waals surface area (Å²) in [5.74, 6) is 0. The van der Waals surface area contributed by atoms with Gasteiger partial charge >= 0.3 is 0 Å². The molecule has 0 aliphatic rings. The van der Waals surface area contributed by atoms with Gasteiger partial charge in [0.25, 0.3) is 5.69 Å². The quantitative estimate of drug-likeness (QED) is 0.522. The van der Waals surface area contributed by atoms with Crippen molar-refractivity contribution in [2.24, 2.45) is 0 Å². The molecule has 4 nitrogen and oxygen atoms in total. The molecular weight excluding hydrogens is 276 g/mol. The fourth-order valence-corrected chi connectivity index (χ4v) is 2.37. The maximum Gasteiger partial charge on any atom is 0.269 e. The summed E-state index contributed by atoms with van der Waals surface area (Å²) in [5.41, 5.74) is 4.03. The van der Waals surface area contributed by atoms with Gasteiger partial charge in [-0.2, -0.15) is 0 Å². The highest BCUT2D eigenvalue weighted by Gasteiger charge is 2.03. The lowest BCUT2D eigenvalue weighted by molar-refractivity contribution is -0.384. The highest BCUT2D eigenvalue weighted by atomic mass is 16.6. The average molecular weight is 290 g/mol. The lowest BCUT2D eigenvalue weighted by atomic mass is 10.1. The molecule has 2 aromatic carbocycles. The highest BCUT2D eigenvalue weighted by Crippen LogP contribution is 2.21. The molecule has 0 saturated carbocycles. The van der Waals surface area contributed by atoms with Gasteiger partial charge in [0, 0.05) is 23.2 Å². The van der Waals surface area contributed by atoms with Crippen molar-refractivity contribution < 1.29 is 4.92 Å². The average Bonchev–Trinajstić information content (AvgIpc) is 2.52. The third kappa shape index (κ3) is 2.86. The minimum Gasteiger partial charge on any atom is -0.258 e. The Balaban J connectivity index is 1.97. The molecule has 0 N–H and O–H groups in total. The van der Waals surface area contributed by atoms with E-state index < -0.39 is 4.92 Å². The first kappa shape index (κ1) is 13.9. The summed E-state index contributed by atoms with van der Waals surface area (Å²) in [5, 5.41) is 11.7. The first-order valence-electron chi connectivity index (χ1n) is 6.92. The fraction of sp³-hybridized carbons (Fsp3) is 0.0556. The second-order valence-electron chi connectivity index (χ2n) is 5.05. The Bertz CT molecular complexity index is 868. The van der Waals surface area contributed by atoms with E-state index in [0.29, 0.717) is 0 Å². The van der Waals surface area contributed by atoms with Gasteiger partial charge in [-0.25, -0.2) is 0 Å². The van der Waals surface area contributed by atoms with Gasteiger partial charge in [-0.15, -0.1) is 0 Å². The van der Waals surface area contributed by atoms with E-state index >= 15 is 0 Å². The van der Waals surface area contributed by atoms with Crippen LogP contribution in [0.1, 0.15) is 16.8 Å². The summed E-state index contributed by atoms with van der Waals surface area (Å²) in [6.45, 7) is 1.97. The molecule has 0 bridgehead atoms. The van der Waals surface area contributed by atoms with Crippen molar-refractivity contribution in [2.45, 2.75) is 6.92 Å². The number of fused-ring (bicyclic) bond motifs is 1. The monoisotopic (exact) mass is 290 g/mol. The van der Waals surface area contributed by atoms with Gasteiger partial charge in [-0.1, -0.05) is 30.4 Å². The van der Waals surface area contributed by atoms with Gasteiger partial charge in [0.2, 0.25) is 0 Å². The number of nitro groups is 1. The Morgan fingerprint density at radius 3 is 2.50 bits per heavy atom. The summed E-state index contributed by atoms with van der Waals surface area (Å²) in [6, 6.07) is 16.5. The normalized spacial score (nSPS) is 11.1. The number of hydrogen-bond acceptors (Lipinski definition) is 3. The van der Waals surface area contributed by atoms with Crippen molar-refractivity contribution in [3.8, 4) is 0 Å². The smallest absolute Gasteiger partial charge is 0.258 e. The van der Waals surface area contributed by atoms with E-state index in [1.165, 1.54) is 12.1 Å². The van der Waals surface area contributed by atoms with Crippen LogP contribution in [-0.2, 0) is 0 Å². The predicted molar refractivity (Wildman–Crippen MR) is 88.5 cm³/mol. The van der Waals surface area contributed by atoms with Crippen molar-refractivity contribution >= 4 is 28.7 Å². The standard InChI is InChI=1S/C18H14N2O2/c1-13-12-15(17-4-2-3-5-18(17)19-13)9-6-14-7-10-16(11-8-14)20(21)22/h2-12H,1H3. The molecule has 0 spiro atoms. The van der Waals surface area contributed by atoms with Crippen molar-refractivity contribution in [3.63, 3.8) is 0 Å². The van der Waals surface area contributed by atoms with E-state index in [4.69, 9.17) is 0 Å². The van der Waals surface area contributed by atoms with Crippen LogP contribution < -0.4 is 0 Å². The van der Waals surface area contributed by atoms with Crippen LogP contribution in [-0.4, -0.2) is 9.91 Å². The Morgan fingerprint density at radius 1 is 1.05 bits per heavy atom. The van der Waals surface area contributed by atoms with Crippen LogP contribution >= 0.6 is 0 Å². The number of rotatable bonds is 3. The van der Waals surface area contributed by atoms with E-state index in [1.807, 2.05) is 49.4 Å². The topological polar surface area (TPSA) is 56.0 Å². The van der Waals surface area contributed by atoms with Crippen LogP contribution in [0.15, 0.2) is 54.6 Å². The third-order valence-electron chi connectivity index (χ3n) is 3.44. The number of pyridine rings is 1. The molecule has 4 heteroatoms. The zero-order valence-electron chi connectivity index (χ0n) is 12.1. The molecule has 22 heavy (non-hydrogen) atoms. The van der Waals surface area contributed by atoms with Crippen LogP contribution in [0.4, 0.5) is 5.69 Å². The number of hydrogen-bond donors (Lipinski definition) is 0. The number of benzene rings is 2. The summed E-state index contributed by atoms with van der Waals surface area (Å²) in [6.07, 6.45) is 3.96. The van der Waals surface area contributed by atoms with Crippen LogP contribution in [0.25, 0.3) is 23.1 Å². The van der Waals surface area contributed by atoms with Crippen molar-refractivity contribution in [1.82, 2.24) is 4.98 Å². The van der Waals surface area contributed by atoms with Gasteiger partial charge in [-0.05, 0) is 42.3 Å². The first-order chi connectivity index (χ1) is 10.6. The Kier molecular flexibility index (Phi) is 3.66. The van der Waals surface area contributed by atoms with Crippen molar-refractivity contribution in [2.75, 3.05) is 0 Å². The molecule has 1 heterocycles. The first-order valence-corrected chi connectivity index (χ1v) is 6.92. The van der Waals surface area contributed by atoms with E-state index in [-0.39, 0.29) is 5.69 Å². The zero-order valence-corrected chi connectivity index (χ0v) is 12.1. The molecule has 108 valence electrons. The van der Waals surface area contributed by atoms with E-state index in [0.717, 1.165) is 27.7 Å². The Labute approximate surface area is 127 Å². The fourth-order valence-electron chi connectivity index (χ4n) is 2.37. The van der Waals surface area contributed by atoms with Crippen LogP contribution in [0.3, 0.4) is 0 Å². The van der Waals surface area contributed by atoms with Crippen molar-refractivity contribution in [1.29, 1.82) is 0 Å². The predicted octanol–water partition coefficient (Wildman–Crippen LogP) is 4.62. The zero-order chi connectivity index (χ0) is 15.5. The lowest BCUT2D eigenvalue weighted by Crippen LogP contribution is -1.87. The number of nitro benzene ring substituents is 1.